The molecule has 1 aromatic rings. The number of nitrogens with one attached hydrogen (secondary N) is 1. The highest BCUT2D eigenvalue weighted by Crippen LogP contribution is 2.20. The number of allylic oxidation sites excluding steroid dienone is 2. The van der Waals surface area contributed by atoms with Crippen molar-refractivity contribution < 1.29 is 9.59 Å². The van der Waals surface area contributed by atoms with Crippen LogP contribution in [0.1, 0.15) is 49.4 Å². The minimum absolute atomic E-state index is 0.187. The molecule has 1 aliphatic rings. The SMILES string of the molecule is CC=CCCC(C=O)NC(=O)c1ccc(N2CCCCC2)cc1. The maximum absolute atomic E-state index is 12.2. The summed E-state index contributed by atoms with van der Waals surface area (Å²) in [5.41, 5.74) is 1.77. The first-order valence-electron chi connectivity index (χ1n) is 8.47. The van der Waals surface area contributed by atoms with Crippen molar-refractivity contribution in [1.82, 2.24) is 5.32 Å². The molecule has 1 heterocycles. The van der Waals surface area contributed by atoms with E-state index in [1.54, 1.807) is 0 Å². The Kier molecular flexibility index (Phi) is 6.85. The summed E-state index contributed by atoms with van der Waals surface area (Å²) in [5, 5.41) is 2.79. The number of hydrogen-bond acceptors (Lipinski definition) is 3. The fraction of sp³-hybridized carbons (Fsp3) is 0.474. The van der Waals surface area contributed by atoms with Crippen molar-refractivity contribution in [3.8, 4) is 0 Å². The van der Waals surface area contributed by atoms with Gasteiger partial charge in [-0.05, 0) is 63.3 Å². The summed E-state index contributed by atoms with van der Waals surface area (Å²) in [5.74, 6) is -0.187. The molecule has 0 spiro atoms. The number of hydrogen-bond donors (Lipinski definition) is 1. The molecule has 0 bridgehead atoms. The van der Waals surface area contributed by atoms with E-state index in [0.717, 1.165) is 25.8 Å². The van der Waals surface area contributed by atoms with Crippen LogP contribution >= 0.6 is 0 Å². The number of nitrogens with zero attached hydrogens (tertiary/aromatic N) is 1. The average molecular weight is 314 g/mol. The molecule has 1 unspecified atom stereocenters. The van der Waals surface area contributed by atoms with Crippen LogP contribution in [0.4, 0.5) is 5.69 Å². The van der Waals surface area contributed by atoms with Gasteiger partial charge >= 0.3 is 0 Å². The summed E-state index contributed by atoms with van der Waals surface area (Å²) in [4.78, 5) is 25.7. The first-order chi connectivity index (χ1) is 11.2. The molecular weight excluding hydrogens is 288 g/mol. The van der Waals surface area contributed by atoms with Crippen molar-refractivity contribution in [2.75, 3.05) is 18.0 Å². The minimum Gasteiger partial charge on any atom is -0.372 e. The average Bonchev–Trinajstić information content (AvgIpc) is 2.61. The molecule has 0 aliphatic carbocycles. The summed E-state index contributed by atoms with van der Waals surface area (Å²) in [6, 6.07) is 7.24. The highest BCUT2D eigenvalue weighted by Gasteiger charge is 2.14. The summed E-state index contributed by atoms with van der Waals surface area (Å²) in [7, 11) is 0. The number of anilines is 1. The van der Waals surface area contributed by atoms with Gasteiger partial charge in [-0.15, -0.1) is 0 Å². The lowest BCUT2D eigenvalue weighted by Crippen LogP contribution is -2.36. The van der Waals surface area contributed by atoms with Crippen LogP contribution in [0.15, 0.2) is 36.4 Å². The second-order valence-corrected chi connectivity index (χ2v) is 5.96. The van der Waals surface area contributed by atoms with Crippen molar-refractivity contribution >= 4 is 17.9 Å². The van der Waals surface area contributed by atoms with E-state index in [1.807, 2.05) is 43.3 Å². The van der Waals surface area contributed by atoms with E-state index in [9.17, 15) is 9.59 Å². The van der Waals surface area contributed by atoms with Gasteiger partial charge < -0.3 is 15.0 Å². The van der Waals surface area contributed by atoms with Crippen LogP contribution in [0.25, 0.3) is 0 Å². The zero-order valence-electron chi connectivity index (χ0n) is 13.8. The molecule has 2 rings (SSSR count). The van der Waals surface area contributed by atoms with Crippen molar-refractivity contribution in [2.45, 2.75) is 45.1 Å². The van der Waals surface area contributed by atoms with Gasteiger partial charge in [-0.25, -0.2) is 0 Å². The molecule has 1 atom stereocenters. The number of amides is 1. The second kappa shape index (κ2) is 9.13. The van der Waals surface area contributed by atoms with Crippen molar-refractivity contribution in [2.24, 2.45) is 0 Å². The third-order valence-corrected chi connectivity index (χ3v) is 4.21. The van der Waals surface area contributed by atoms with Crippen LogP contribution in [0, 0.1) is 0 Å². The van der Waals surface area contributed by atoms with Crippen LogP contribution in [0.3, 0.4) is 0 Å². The predicted octanol–water partition coefficient (Wildman–Crippen LogP) is 3.33. The van der Waals surface area contributed by atoms with Gasteiger partial charge in [-0.3, -0.25) is 4.79 Å². The number of piperidine rings is 1. The molecule has 0 saturated carbocycles. The maximum Gasteiger partial charge on any atom is 0.251 e. The number of benzene rings is 1. The Bertz CT molecular complexity index is 531. The lowest BCUT2D eigenvalue weighted by molar-refractivity contribution is -0.109. The molecule has 124 valence electrons. The molecule has 1 saturated heterocycles. The van der Waals surface area contributed by atoms with Crippen LogP contribution in [0.2, 0.25) is 0 Å². The lowest BCUT2D eigenvalue weighted by atomic mass is 10.1. The number of rotatable bonds is 7. The van der Waals surface area contributed by atoms with Gasteiger partial charge in [0.2, 0.25) is 0 Å². The van der Waals surface area contributed by atoms with Crippen molar-refractivity contribution in [1.29, 1.82) is 0 Å². The summed E-state index contributed by atoms with van der Waals surface area (Å²) in [6.07, 6.45) is 9.93. The normalized spacial score (nSPS) is 16.3. The fourth-order valence-electron chi connectivity index (χ4n) is 2.84. The summed E-state index contributed by atoms with van der Waals surface area (Å²) in [6.45, 7) is 4.12. The number of carbonyl (C=O) groups is 2. The van der Waals surface area contributed by atoms with Crippen LogP contribution < -0.4 is 10.2 Å². The predicted molar refractivity (Wildman–Crippen MR) is 93.9 cm³/mol. The third-order valence-electron chi connectivity index (χ3n) is 4.21. The van der Waals surface area contributed by atoms with Gasteiger partial charge in [-0.2, -0.15) is 0 Å². The van der Waals surface area contributed by atoms with E-state index >= 15 is 0 Å². The topological polar surface area (TPSA) is 49.4 Å². The largest absolute Gasteiger partial charge is 0.372 e. The molecular formula is C19H26N2O2. The summed E-state index contributed by atoms with van der Waals surface area (Å²) < 4.78 is 0. The Labute approximate surface area is 138 Å². The Morgan fingerprint density at radius 2 is 1.91 bits per heavy atom. The van der Waals surface area contributed by atoms with E-state index in [-0.39, 0.29) is 5.91 Å². The van der Waals surface area contributed by atoms with Crippen LogP contribution in [0.5, 0.6) is 0 Å². The van der Waals surface area contributed by atoms with Crippen LogP contribution in [-0.2, 0) is 4.79 Å². The smallest absolute Gasteiger partial charge is 0.251 e. The van der Waals surface area contributed by atoms with Gasteiger partial charge in [-0.1, -0.05) is 12.2 Å². The number of aldehydes is 1. The molecule has 1 amide bonds. The highest BCUT2D eigenvalue weighted by atomic mass is 16.2. The molecule has 1 fully saturated rings. The quantitative estimate of drug-likeness (QED) is 0.620. The first kappa shape index (κ1) is 17.3. The minimum atomic E-state index is -0.430. The molecule has 1 N–H and O–H groups in total. The fourth-order valence-corrected chi connectivity index (χ4v) is 2.84. The second-order valence-electron chi connectivity index (χ2n) is 5.96. The van der Waals surface area contributed by atoms with Gasteiger partial charge in [0.05, 0.1) is 6.04 Å². The maximum atomic E-state index is 12.2. The highest BCUT2D eigenvalue weighted by molar-refractivity contribution is 5.95. The van der Waals surface area contributed by atoms with Crippen molar-refractivity contribution in [3.05, 3.63) is 42.0 Å². The monoisotopic (exact) mass is 314 g/mol. The van der Waals surface area contributed by atoms with Gasteiger partial charge in [0, 0.05) is 24.3 Å². The lowest BCUT2D eigenvalue weighted by Gasteiger charge is -2.28. The van der Waals surface area contributed by atoms with Gasteiger partial charge in [0.1, 0.15) is 6.29 Å². The zero-order valence-corrected chi connectivity index (χ0v) is 13.8. The zero-order chi connectivity index (χ0) is 16.5. The molecule has 4 nitrogen and oxygen atoms in total. The van der Waals surface area contributed by atoms with Crippen molar-refractivity contribution in [3.63, 3.8) is 0 Å². The van der Waals surface area contributed by atoms with Gasteiger partial charge in [0.25, 0.3) is 5.91 Å². The summed E-state index contributed by atoms with van der Waals surface area (Å²) >= 11 is 0. The Morgan fingerprint density at radius 3 is 2.52 bits per heavy atom. The molecule has 4 heteroatoms. The molecule has 0 aromatic heterocycles. The first-order valence-corrected chi connectivity index (χ1v) is 8.47. The van der Waals surface area contributed by atoms with E-state index in [2.05, 4.69) is 10.2 Å². The van der Waals surface area contributed by atoms with E-state index in [0.29, 0.717) is 12.0 Å². The third kappa shape index (κ3) is 5.23. The molecule has 0 radical (unpaired) electrons. The molecule has 1 aliphatic heterocycles. The number of carbonyl (C=O) groups excluding carboxylic acids is 2. The van der Waals surface area contributed by atoms with Crippen LogP contribution in [-0.4, -0.2) is 31.3 Å². The molecule has 23 heavy (non-hydrogen) atoms. The van der Waals surface area contributed by atoms with E-state index in [4.69, 9.17) is 0 Å². The van der Waals surface area contributed by atoms with E-state index in [1.165, 1.54) is 24.9 Å². The van der Waals surface area contributed by atoms with Gasteiger partial charge in [0.15, 0.2) is 0 Å². The van der Waals surface area contributed by atoms with E-state index < -0.39 is 6.04 Å². The molecule has 1 aromatic carbocycles. The Hall–Kier alpha value is -2.10. The standard InChI is InChI=1S/C19H26N2O2/c1-2-3-5-8-17(15-22)20-19(23)16-9-11-18(12-10-16)21-13-6-4-7-14-21/h2-3,9-12,15,17H,4-8,13-14H2,1H3,(H,20,23). The Balaban J connectivity index is 1.92. The Morgan fingerprint density at radius 1 is 1.22 bits per heavy atom.